The fraction of sp³-hybridized carbons (Fsp3) is 0.571. The Morgan fingerprint density at radius 3 is 2.20 bits per heavy atom. The summed E-state index contributed by atoms with van der Waals surface area (Å²) in [7, 11) is 0. The van der Waals surface area contributed by atoms with Gasteiger partial charge in [0.05, 0.1) is 6.04 Å². The molecule has 0 aliphatic heterocycles. The molecule has 40 heavy (non-hydrogen) atoms. The van der Waals surface area contributed by atoms with Crippen LogP contribution in [0.4, 0.5) is 0 Å². The van der Waals surface area contributed by atoms with E-state index in [0.29, 0.717) is 38.0 Å². The molecule has 1 aromatic heterocycles. The molecule has 3 amide bonds. The summed E-state index contributed by atoms with van der Waals surface area (Å²) < 4.78 is 0. The van der Waals surface area contributed by atoms with E-state index in [2.05, 4.69) is 20.9 Å². The Balaban J connectivity index is 2.12. The molecule has 12 heteroatoms. The van der Waals surface area contributed by atoms with Gasteiger partial charge < -0.3 is 37.5 Å². The minimum atomic E-state index is -1.13. The highest BCUT2D eigenvalue weighted by atomic mass is 32.2. The van der Waals surface area contributed by atoms with E-state index in [4.69, 9.17) is 11.5 Å². The summed E-state index contributed by atoms with van der Waals surface area (Å²) in [6.07, 6.45) is 6.10. The molecule has 4 unspecified atom stereocenters. The van der Waals surface area contributed by atoms with Gasteiger partial charge in [-0.3, -0.25) is 14.4 Å². The predicted octanol–water partition coefficient (Wildman–Crippen LogP) is 1.50. The van der Waals surface area contributed by atoms with Gasteiger partial charge in [0.1, 0.15) is 18.1 Å². The van der Waals surface area contributed by atoms with Crippen molar-refractivity contribution in [2.24, 2.45) is 17.4 Å². The number of fused-ring (bicyclic) bond motifs is 1. The smallest absolute Gasteiger partial charge is 0.326 e. The van der Waals surface area contributed by atoms with Gasteiger partial charge in [0, 0.05) is 17.1 Å². The molecule has 4 atom stereocenters. The number of rotatable bonds is 18. The van der Waals surface area contributed by atoms with Gasteiger partial charge in [-0.05, 0) is 74.6 Å². The second-order valence-electron chi connectivity index (χ2n) is 10.4. The number of nitrogens with two attached hydrogens (primary N) is 2. The van der Waals surface area contributed by atoms with Crippen LogP contribution in [0.5, 0.6) is 0 Å². The summed E-state index contributed by atoms with van der Waals surface area (Å²) in [5.41, 5.74) is 13.7. The van der Waals surface area contributed by atoms with E-state index in [1.165, 1.54) is 11.8 Å². The zero-order chi connectivity index (χ0) is 29.7. The molecule has 1 heterocycles. The highest BCUT2D eigenvalue weighted by Crippen LogP contribution is 2.19. The number of aliphatic carboxylic acids is 1. The molecule has 2 rings (SSSR count). The Morgan fingerprint density at radius 1 is 0.950 bits per heavy atom. The van der Waals surface area contributed by atoms with Crippen molar-refractivity contribution < 1.29 is 24.3 Å². The fourth-order valence-corrected chi connectivity index (χ4v) is 4.88. The average Bonchev–Trinajstić information content (AvgIpc) is 3.32. The van der Waals surface area contributed by atoms with E-state index >= 15 is 0 Å². The number of thioether (sulfide) groups is 1. The molecular formula is C28H44N6O5S. The molecular weight excluding hydrogens is 532 g/mol. The third-order valence-corrected chi connectivity index (χ3v) is 7.24. The lowest BCUT2D eigenvalue weighted by molar-refractivity contribution is -0.142. The van der Waals surface area contributed by atoms with Crippen molar-refractivity contribution in [2.45, 2.75) is 76.5 Å². The molecule has 2 aromatic rings. The number of unbranched alkanes of at least 4 members (excludes halogenated alkanes) is 1. The molecule has 0 bridgehead atoms. The van der Waals surface area contributed by atoms with Crippen LogP contribution in [0.3, 0.4) is 0 Å². The van der Waals surface area contributed by atoms with Crippen molar-refractivity contribution in [2.75, 3.05) is 18.6 Å². The van der Waals surface area contributed by atoms with Gasteiger partial charge in [-0.2, -0.15) is 11.8 Å². The minimum Gasteiger partial charge on any atom is -0.480 e. The summed E-state index contributed by atoms with van der Waals surface area (Å²) in [5.74, 6) is -2.09. The lowest BCUT2D eigenvalue weighted by Gasteiger charge is -2.25. The van der Waals surface area contributed by atoms with E-state index < -0.39 is 47.9 Å². The lowest BCUT2D eigenvalue weighted by Crippen LogP contribution is -2.57. The zero-order valence-corrected chi connectivity index (χ0v) is 24.4. The molecule has 0 radical (unpaired) electrons. The van der Waals surface area contributed by atoms with E-state index in [1.54, 1.807) is 0 Å². The van der Waals surface area contributed by atoms with Crippen LogP contribution in [-0.4, -0.2) is 76.5 Å². The first-order chi connectivity index (χ1) is 19.1. The summed E-state index contributed by atoms with van der Waals surface area (Å²) in [5, 5.41) is 18.6. The monoisotopic (exact) mass is 576 g/mol. The second-order valence-corrected chi connectivity index (χ2v) is 11.4. The van der Waals surface area contributed by atoms with Crippen LogP contribution >= 0.6 is 11.8 Å². The number of amides is 3. The molecule has 11 nitrogen and oxygen atoms in total. The zero-order valence-electron chi connectivity index (χ0n) is 23.6. The molecule has 0 saturated heterocycles. The van der Waals surface area contributed by atoms with Crippen LogP contribution in [-0.2, 0) is 25.6 Å². The number of hydrogen-bond acceptors (Lipinski definition) is 7. The molecule has 222 valence electrons. The van der Waals surface area contributed by atoms with E-state index in [1.807, 2.05) is 50.6 Å². The number of H-pyrrole nitrogens is 1. The van der Waals surface area contributed by atoms with E-state index in [-0.39, 0.29) is 18.8 Å². The first kappa shape index (κ1) is 33.1. The maximum Gasteiger partial charge on any atom is 0.326 e. The largest absolute Gasteiger partial charge is 0.480 e. The molecule has 0 aliphatic carbocycles. The molecule has 1 aromatic carbocycles. The number of benzene rings is 1. The number of carboxylic acids is 1. The topological polar surface area (TPSA) is 192 Å². The second kappa shape index (κ2) is 16.9. The van der Waals surface area contributed by atoms with Crippen molar-refractivity contribution >= 4 is 46.4 Å². The first-order valence-corrected chi connectivity index (χ1v) is 15.1. The summed E-state index contributed by atoms with van der Waals surface area (Å²) in [6.45, 7) is 4.17. The molecule has 0 saturated carbocycles. The Hall–Kier alpha value is -3.09. The Morgan fingerprint density at radius 2 is 1.57 bits per heavy atom. The van der Waals surface area contributed by atoms with Crippen LogP contribution in [0.1, 0.15) is 51.5 Å². The third-order valence-electron chi connectivity index (χ3n) is 6.60. The van der Waals surface area contributed by atoms with Crippen molar-refractivity contribution in [1.82, 2.24) is 20.9 Å². The van der Waals surface area contributed by atoms with E-state index in [9.17, 15) is 24.3 Å². The van der Waals surface area contributed by atoms with Crippen molar-refractivity contribution in [1.29, 1.82) is 0 Å². The Labute approximate surface area is 240 Å². The van der Waals surface area contributed by atoms with Gasteiger partial charge in [-0.1, -0.05) is 32.0 Å². The van der Waals surface area contributed by atoms with Gasteiger partial charge in [0.2, 0.25) is 17.7 Å². The summed E-state index contributed by atoms with van der Waals surface area (Å²) >= 11 is 1.50. The molecule has 0 spiro atoms. The maximum absolute atomic E-state index is 13.4. The summed E-state index contributed by atoms with van der Waals surface area (Å²) in [6, 6.07) is 3.87. The van der Waals surface area contributed by atoms with Crippen LogP contribution in [0.15, 0.2) is 30.5 Å². The number of carbonyl (C=O) groups is 4. The fourth-order valence-electron chi connectivity index (χ4n) is 4.41. The van der Waals surface area contributed by atoms with Crippen LogP contribution < -0.4 is 27.4 Å². The maximum atomic E-state index is 13.4. The van der Waals surface area contributed by atoms with Crippen LogP contribution in [0.25, 0.3) is 10.9 Å². The van der Waals surface area contributed by atoms with Gasteiger partial charge in [0.15, 0.2) is 0 Å². The van der Waals surface area contributed by atoms with E-state index in [0.717, 1.165) is 16.5 Å². The minimum absolute atomic E-state index is 0.0521. The van der Waals surface area contributed by atoms with Crippen LogP contribution in [0, 0.1) is 5.92 Å². The molecule has 0 aliphatic rings. The Bertz CT molecular complexity index is 1120. The number of aromatic amines is 1. The number of hydrogen-bond donors (Lipinski definition) is 7. The number of carbonyl (C=O) groups excluding carboxylic acids is 3. The third kappa shape index (κ3) is 10.5. The van der Waals surface area contributed by atoms with Crippen molar-refractivity contribution in [3.63, 3.8) is 0 Å². The number of nitrogens with one attached hydrogen (secondary N) is 4. The SMILES string of the molecule is CSCCC(NC(=O)C(CCCCN)NC(=O)C(N)Cc1c[nH]c2ccccc12)C(=O)NC(CC(C)C)C(=O)O. The van der Waals surface area contributed by atoms with Gasteiger partial charge >= 0.3 is 5.97 Å². The number of para-hydroxylation sites is 1. The molecule has 9 N–H and O–H groups in total. The number of carboxylic acid groups (broad SMARTS) is 1. The van der Waals surface area contributed by atoms with Gasteiger partial charge in [-0.25, -0.2) is 4.79 Å². The highest BCUT2D eigenvalue weighted by Gasteiger charge is 2.30. The lowest BCUT2D eigenvalue weighted by atomic mass is 10.0. The summed E-state index contributed by atoms with van der Waals surface area (Å²) in [4.78, 5) is 54.3. The standard InChI is InChI=1S/C28H44N6O5S/c1-17(2)14-24(28(38)39)34-27(37)23(11-13-40-3)33-26(36)22(10-6-7-12-29)32-25(35)20(30)15-18-16-31-21-9-5-4-8-19(18)21/h4-5,8-9,16-17,20,22-24,31H,6-7,10-15,29-30H2,1-3H3,(H,32,35)(H,33,36)(H,34,37)(H,38,39). The number of aromatic nitrogens is 1. The molecule has 0 fully saturated rings. The predicted molar refractivity (Wildman–Crippen MR) is 159 cm³/mol. The van der Waals surface area contributed by atoms with Gasteiger partial charge in [-0.15, -0.1) is 0 Å². The quantitative estimate of drug-likeness (QED) is 0.130. The van der Waals surface area contributed by atoms with Gasteiger partial charge in [0.25, 0.3) is 0 Å². The first-order valence-electron chi connectivity index (χ1n) is 13.7. The highest BCUT2D eigenvalue weighted by molar-refractivity contribution is 7.98. The Kier molecular flexibility index (Phi) is 14.0. The normalized spacial score (nSPS) is 14.3. The van der Waals surface area contributed by atoms with Crippen molar-refractivity contribution in [3.8, 4) is 0 Å². The average molecular weight is 577 g/mol. The van der Waals surface area contributed by atoms with Crippen molar-refractivity contribution in [3.05, 3.63) is 36.0 Å². The van der Waals surface area contributed by atoms with Crippen LogP contribution in [0.2, 0.25) is 0 Å².